The maximum atomic E-state index is 13.1. The van der Waals surface area contributed by atoms with Gasteiger partial charge in [-0.3, -0.25) is 0 Å². The highest BCUT2D eigenvalue weighted by Crippen LogP contribution is 2.40. The first-order valence-corrected chi connectivity index (χ1v) is 7.71. The second kappa shape index (κ2) is 6.93. The average molecular weight is 265 g/mol. The van der Waals surface area contributed by atoms with Gasteiger partial charge in [-0.1, -0.05) is 13.8 Å². The van der Waals surface area contributed by atoms with Gasteiger partial charge in [0.1, 0.15) is 0 Å². The van der Waals surface area contributed by atoms with E-state index in [0.717, 1.165) is 17.9 Å². The summed E-state index contributed by atoms with van der Waals surface area (Å²) in [5.74, 6) is 0.708. The van der Waals surface area contributed by atoms with Gasteiger partial charge in [0.15, 0.2) is 0 Å². The highest BCUT2D eigenvalue weighted by molar-refractivity contribution is 7.99. The minimum atomic E-state index is -2.39. The summed E-state index contributed by atoms with van der Waals surface area (Å²) in [5, 5.41) is 3.26. The van der Waals surface area contributed by atoms with Crippen LogP contribution < -0.4 is 5.32 Å². The molecule has 0 amide bonds. The molecule has 2 atom stereocenters. The van der Waals surface area contributed by atoms with E-state index in [0.29, 0.717) is 18.4 Å². The van der Waals surface area contributed by atoms with Crippen LogP contribution in [-0.4, -0.2) is 30.5 Å². The summed E-state index contributed by atoms with van der Waals surface area (Å²) in [5.41, 5.74) is 0. The van der Waals surface area contributed by atoms with Crippen molar-refractivity contribution in [2.75, 3.05) is 18.6 Å². The average Bonchev–Trinajstić information content (AvgIpc) is 2.56. The van der Waals surface area contributed by atoms with Crippen molar-refractivity contribution in [3.05, 3.63) is 0 Å². The van der Waals surface area contributed by atoms with Crippen LogP contribution in [0.2, 0.25) is 0 Å². The van der Waals surface area contributed by atoms with Crippen LogP contribution in [0, 0.1) is 11.8 Å². The molecule has 0 heterocycles. The molecule has 2 unspecified atom stereocenters. The predicted octanol–water partition coefficient (Wildman–Crippen LogP) is 3.79. The van der Waals surface area contributed by atoms with Crippen molar-refractivity contribution in [2.24, 2.45) is 11.8 Å². The maximum Gasteiger partial charge on any atom is 0.248 e. The summed E-state index contributed by atoms with van der Waals surface area (Å²) in [4.78, 5) is 0. The first-order valence-electron chi connectivity index (χ1n) is 6.56. The molecule has 0 aromatic heterocycles. The lowest BCUT2D eigenvalue weighted by atomic mass is 9.99. The standard InChI is InChI=1S/C13H25F2NS/c1-10(2)8-17-9-12(16-3)6-11-4-5-13(14,15)7-11/h10-12,16H,4-9H2,1-3H3. The van der Waals surface area contributed by atoms with Gasteiger partial charge in [-0.15, -0.1) is 0 Å². The quantitative estimate of drug-likeness (QED) is 0.751. The summed E-state index contributed by atoms with van der Waals surface area (Å²) in [7, 11) is 1.94. The fourth-order valence-electron chi connectivity index (χ4n) is 2.36. The third-order valence-electron chi connectivity index (χ3n) is 3.30. The summed E-state index contributed by atoms with van der Waals surface area (Å²) < 4.78 is 26.2. The van der Waals surface area contributed by atoms with Crippen LogP contribution in [0.15, 0.2) is 0 Å². The Hall–Kier alpha value is 0.170. The number of halogens is 2. The SMILES string of the molecule is CNC(CSCC(C)C)CC1CCC(F)(F)C1. The molecule has 0 aliphatic heterocycles. The van der Waals surface area contributed by atoms with E-state index in [2.05, 4.69) is 19.2 Å². The Bertz CT molecular complexity index is 221. The minimum absolute atomic E-state index is 0.0905. The number of rotatable bonds is 7. The molecule has 1 rings (SSSR count). The van der Waals surface area contributed by atoms with Crippen LogP contribution in [0.25, 0.3) is 0 Å². The molecule has 0 aromatic rings. The van der Waals surface area contributed by atoms with E-state index in [4.69, 9.17) is 0 Å². The number of thioether (sulfide) groups is 1. The summed E-state index contributed by atoms with van der Waals surface area (Å²) in [6.45, 7) is 4.41. The van der Waals surface area contributed by atoms with E-state index in [-0.39, 0.29) is 18.8 Å². The highest BCUT2D eigenvalue weighted by Gasteiger charge is 2.39. The van der Waals surface area contributed by atoms with Crippen molar-refractivity contribution in [1.29, 1.82) is 0 Å². The van der Waals surface area contributed by atoms with Crippen molar-refractivity contribution >= 4 is 11.8 Å². The lowest BCUT2D eigenvalue weighted by molar-refractivity contribution is 0.00445. The minimum Gasteiger partial charge on any atom is -0.316 e. The van der Waals surface area contributed by atoms with E-state index in [1.165, 1.54) is 0 Å². The van der Waals surface area contributed by atoms with Gasteiger partial charge in [-0.2, -0.15) is 11.8 Å². The Morgan fingerprint density at radius 3 is 2.53 bits per heavy atom. The van der Waals surface area contributed by atoms with Crippen molar-refractivity contribution < 1.29 is 8.78 Å². The Morgan fingerprint density at radius 1 is 1.35 bits per heavy atom. The second-order valence-corrected chi connectivity index (χ2v) is 6.69. The summed E-state index contributed by atoms with van der Waals surface area (Å²) in [6.07, 6.45) is 1.78. The van der Waals surface area contributed by atoms with E-state index in [9.17, 15) is 8.78 Å². The Labute approximate surface area is 108 Å². The molecule has 4 heteroatoms. The zero-order chi connectivity index (χ0) is 12.9. The summed E-state index contributed by atoms with van der Waals surface area (Å²) in [6, 6.07) is 0.387. The molecule has 1 aliphatic carbocycles. The van der Waals surface area contributed by atoms with Gasteiger partial charge in [-0.05, 0) is 37.5 Å². The van der Waals surface area contributed by atoms with Gasteiger partial charge in [0.2, 0.25) is 5.92 Å². The topological polar surface area (TPSA) is 12.0 Å². The fourth-order valence-corrected chi connectivity index (χ4v) is 3.56. The number of hydrogen-bond donors (Lipinski definition) is 1. The predicted molar refractivity (Wildman–Crippen MR) is 71.9 cm³/mol. The third kappa shape index (κ3) is 6.05. The number of hydrogen-bond acceptors (Lipinski definition) is 2. The van der Waals surface area contributed by atoms with Crippen molar-refractivity contribution in [3.63, 3.8) is 0 Å². The molecule has 1 saturated carbocycles. The molecule has 1 N–H and O–H groups in total. The Balaban J connectivity index is 2.23. The van der Waals surface area contributed by atoms with Gasteiger partial charge in [0.05, 0.1) is 0 Å². The van der Waals surface area contributed by atoms with Crippen molar-refractivity contribution in [1.82, 2.24) is 5.32 Å². The molecule has 0 bridgehead atoms. The molecule has 17 heavy (non-hydrogen) atoms. The number of alkyl halides is 2. The van der Waals surface area contributed by atoms with E-state index in [1.54, 1.807) is 0 Å². The van der Waals surface area contributed by atoms with Gasteiger partial charge in [0.25, 0.3) is 0 Å². The zero-order valence-electron chi connectivity index (χ0n) is 11.1. The Kier molecular flexibility index (Phi) is 6.21. The molecule has 0 saturated heterocycles. The lowest BCUT2D eigenvalue weighted by Gasteiger charge is -2.20. The van der Waals surface area contributed by atoms with E-state index < -0.39 is 5.92 Å². The monoisotopic (exact) mass is 265 g/mol. The smallest absolute Gasteiger partial charge is 0.248 e. The lowest BCUT2D eigenvalue weighted by Crippen LogP contribution is -2.30. The fraction of sp³-hybridized carbons (Fsp3) is 1.00. The highest BCUT2D eigenvalue weighted by atomic mass is 32.2. The summed E-state index contributed by atoms with van der Waals surface area (Å²) >= 11 is 1.93. The van der Waals surface area contributed by atoms with Crippen LogP contribution in [0.3, 0.4) is 0 Å². The van der Waals surface area contributed by atoms with Crippen LogP contribution in [0.1, 0.15) is 39.5 Å². The third-order valence-corrected chi connectivity index (χ3v) is 4.84. The molecular weight excluding hydrogens is 240 g/mol. The zero-order valence-corrected chi connectivity index (χ0v) is 12.0. The number of nitrogens with one attached hydrogen (secondary N) is 1. The molecule has 1 aliphatic rings. The molecule has 1 fully saturated rings. The second-order valence-electron chi connectivity index (χ2n) is 5.62. The van der Waals surface area contributed by atoms with Gasteiger partial charge < -0.3 is 5.32 Å². The van der Waals surface area contributed by atoms with Gasteiger partial charge in [-0.25, -0.2) is 8.78 Å². The molecule has 102 valence electrons. The molecule has 1 nitrogen and oxygen atoms in total. The Morgan fingerprint density at radius 2 is 2.06 bits per heavy atom. The molecule has 0 radical (unpaired) electrons. The van der Waals surface area contributed by atoms with Crippen LogP contribution in [0.4, 0.5) is 8.78 Å². The van der Waals surface area contributed by atoms with E-state index in [1.807, 2.05) is 18.8 Å². The van der Waals surface area contributed by atoms with Crippen molar-refractivity contribution in [3.8, 4) is 0 Å². The van der Waals surface area contributed by atoms with Crippen molar-refractivity contribution in [2.45, 2.75) is 51.5 Å². The van der Waals surface area contributed by atoms with Gasteiger partial charge in [0, 0.05) is 24.6 Å². The maximum absolute atomic E-state index is 13.1. The van der Waals surface area contributed by atoms with Crippen LogP contribution in [0.5, 0.6) is 0 Å². The first kappa shape index (κ1) is 15.2. The van der Waals surface area contributed by atoms with Crippen LogP contribution >= 0.6 is 11.8 Å². The molecule has 0 aromatic carbocycles. The van der Waals surface area contributed by atoms with Crippen LogP contribution in [-0.2, 0) is 0 Å². The van der Waals surface area contributed by atoms with Gasteiger partial charge >= 0.3 is 0 Å². The van der Waals surface area contributed by atoms with E-state index >= 15 is 0 Å². The molecular formula is C13H25F2NS. The largest absolute Gasteiger partial charge is 0.316 e. The first-order chi connectivity index (χ1) is 7.93. The normalized spacial score (nSPS) is 25.4. The molecule has 0 spiro atoms.